The molecule has 0 saturated carbocycles. The minimum absolute atomic E-state index is 0.0678. The number of amides is 1. The average molecular weight is 546 g/mol. The Bertz CT molecular complexity index is 1260. The monoisotopic (exact) mass is 545 g/mol. The summed E-state index contributed by atoms with van der Waals surface area (Å²) in [5.74, 6) is 0.328. The van der Waals surface area contributed by atoms with Crippen molar-refractivity contribution in [3.05, 3.63) is 86.4 Å². The van der Waals surface area contributed by atoms with Crippen molar-refractivity contribution in [2.75, 3.05) is 38.2 Å². The molecule has 3 aromatic rings. The van der Waals surface area contributed by atoms with Crippen LogP contribution in [0.25, 0.3) is 0 Å². The fraction of sp³-hybridized carbons (Fsp3) is 0.346. The molecule has 4 rings (SSSR count). The lowest BCUT2D eigenvalue weighted by atomic mass is 10.1. The molecule has 1 atom stereocenters. The van der Waals surface area contributed by atoms with Crippen molar-refractivity contribution in [3.8, 4) is 5.75 Å². The van der Waals surface area contributed by atoms with E-state index >= 15 is 0 Å². The summed E-state index contributed by atoms with van der Waals surface area (Å²) in [4.78, 5) is 30.2. The van der Waals surface area contributed by atoms with E-state index in [1.165, 1.54) is 10.8 Å². The van der Waals surface area contributed by atoms with Gasteiger partial charge in [0.05, 0.1) is 19.4 Å². The van der Waals surface area contributed by atoms with E-state index in [0.717, 1.165) is 5.56 Å². The third kappa shape index (κ3) is 7.93. The molecule has 1 amide bonds. The number of nitrogens with zero attached hydrogens (tertiary/aromatic N) is 2. The molecular formula is C26H29Cl2N5O4. The Balaban J connectivity index is 1.56. The molecule has 2 heterocycles. The first-order valence-corrected chi connectivity index (χ1v) is 12.8. The van der Waals surface area contributed by atoms with Crippen LogP contribution in [-0.2, 0) is 29.0 Å². The van der Waals surface area contributed by atoms with Gasteiger partial charge in [-0.05, 0) is 30.2 Å². The number of anilines is 1. The van der Waals surface area contributed by atoms with Gasteiger partial charge in [0.25, 0.3) is 5.56 Å². The summed E-state index contributed by atoms with van der Waals surface area (Å²) < 4.78 is 12.7. The van der Waals surface area contributed by atoms with E-state index in [-0.39, 0.29) is 30.1 Å². The Morgan fingerprint density at radius 3 is 2.73 bits per heavy atom. The van der Waals surface area contributed by atoms with Crippen LogP contribution in [0.3, 0.4) is 0 Å². The number of aromatic nitrogens is 2. The standard InChI is InChI=1S/C26H29Cl2N5O4/c27-20-6-7-22-19(13-20)14-30-24(34)17-33-23(28)16-31-25(26(33)35)32-21(12-18-4-2-1-3-5-18)15-29-8-9-36-10-11-37-22/h1-7,13,16,21,29H,8-12,14-15,17H2,(H,30,34)(H,31,32)/t21-/m0/s1. The van der Waals surface area contributed by atoms with E-state index in [0.29, 0.717) is 55.7 Å². The van der Waals surface area contributed by atoms with Crippen molar-refractivity contribution in [1.82, 2.24) is 20.2 Å². The summed E-state index contributed by atoms with van der Waals surface area (Å²) in [5.41, 5.74) is 1.34. The fourth-order valence-corrected chi connectivity index (χ4v) is 4.31. The van der Waals surface area contributed by atoms with Crippen LogP contribution >= 0.6 is 23.2 Å². The molecule has 1 aliphatic heterocycles. The van der Waals surface area contributed by atoms with Gasteiger partial charge in [0, 0.05) is 36.3 Å². The van der Waals surface area contributed by atoms with Crippen LogP contribution in [0.4, 0.5) is 5.82 Å². The molecule has 1 aliphatic rings. The number of benzene rings is 2. The van der Waals surface area contributed by atoms with Gasteiger partial charge in [0.1, 0.15) is 24.1 Å². The molecule has 0 radical (unpaired) electrons. The second-order valence-corrected chi connectivity index (χ2v) is 9.37. The fourth-order valence-electron chi connectivity index (χ4n) is 3.93. The maximum absolute atomic E-state index is 13.2. The van der Waals surface area contributed by atoms with E-state index in [1.807, 2.05) is 30.3 Å². The molecule has 0 fully saturated rings. The van der Waals surface area contributed by atoms with E-state index in [2.05, 4.69) is 20.9 Å². The zero-order valence-electron chi connectivity index (χ0n) is 20.2. The topological polar surface area (TPSA) is 107 Å². The number of hydrogen-bond acceptors (Lipinski definition) is 7. The third-order valence-corrected chi connectivity index (χ3v) is 6.31. The molecular weight excluding hydrogens is 517 g/mol. The van der Waals surface area contributed by atoms with Gasteiger partial charge in [0.15, 0.2) is 5.82 Å². The molecule has 37 heavy (non-hydrogen) atoms. The van der Waals surface area contributed by atoms with E-state index in [1.54, 1.807) is 18.2 Å². The van der Waals surface area contributed by atoms with Crippen LogP contribution in [0.1, 0.15) is 11.1 Å². The highest BCUT2D eigenvalue weighted by atomic mass is 35.5. The molecule has 196 valence electrons. The molecule has 9 nitrogen and oxygen atoms in total. The summed E-state index contributed by atoms with van der Waals surface area (Å²) in [5, 5.41) is 10.0. The smallest absolute Gasteiger partial charge is 0.294 e. The van der Waals surface area contributed by atoms with Crippen LogP contribution in [0.15, 0.2) is 59.5 Å². The van der Waals surface area contributed by atoms with Gasteiger partial charge in [-0.15, -0.1) is 0 Å². The molecule has 11 heteroatoms. The van der Waals surface area contributed by atoms with Crippen LogP contribution in [0.2, 0.25) is 10.2 Å². The lowest BCUT2D eigenvalue weighted by Gasteiger charge is -2.20. The predicted molar refractivity (Wildman–Crippen MR) is 144 cm³/mol. The highest BCUT2D eigenvalue weighted by Gasteiger charge is 2.17. The quantitative estimate of drug-likeness (QED) is 0.454. The lowest BCUT2D eigenvalue weighted by Crippen LogP contribution is -2.39. The number of fused-ring (bicyclic) bond motifs is 3. The summed E-state index contributed by atoms with van der Waals surface area (Å²) in [6, 6.07) is 15.0. The van der Waals surface area contributed by atoms with E-state index in [4.69, 9.17) is 32.7 Å². The first-order valence-electron chi connectivity index (χ1n) is 12.0. The Labute approximate surface area is 225 Å². The van der Waals surface area contributed by atoms with E-state index in [9.17, 15) is 9.59 Å². The summed E-state index contributed by atoms with van der Waals surface area (Å²) in [6.07, 6.45) is 2.03. The largest absolute Gasteiger partial charge is 0.491 e. The molecule has 1 aromatic heterocycles. The van der Waals surface area contributed by atoms with Crippen molar-refractivity contribution in [2.24, 2.45) is 0 Å². The molecule has 0 saturated heterocycles. The van der Waals surface area contributed by atoms with Crippen LogP contribution < -0.4 is 26.2 Å². The second kappa shape index (κ2) is 13.4. The minimum Gasteiger partial charge on any atom is -0.491 e. The average Bonchev–Trinajstić information content (AvgIpc) is 2.89. The predicted octanol–water partition coefficient (Wildman–Crippen LogP) is 2.89. The number of carbonyl (C=O) groups excluding carboxylic acids is 1. The summed E-state index contributed by atoms with van der Waals surface area (Å²) in [6.45, 7) is 2.34. The molecule has 0 spiro atoms. The van der Waals surface area contributed by atoms with Gasteiger partial charge in [-0.3, -0.25) is 14.2 Å². The van der Waals surface area contributed by atoms with Gasteiger partial charge >= 0.3 is 0 Å². The van der Waals surface area contributed by atoms with Gasteiger partial charge in [0.2, 0.25) is 5.91 Å². The Morgan fingerprint density at radius 2 is 1.89 bits per heavy atom. The SMILES string of the molecule is O=C1Cn2c(Cl)cnc(c2=O)N[C@@H](Cc2ccccc2)CNCCOCCOc2ccc(Cl)cc2CN1. The van der Waals surface area contributed by atoms with Gasteiger partial charge in [-0.25, -0.2) is 4.98 Å². The van der Waals surface area contributed by atoms with Crippen LogP contribution in [-0.4, -0.2) is 54.4 Å². The zero-order chi connectivity index (χ0) is 26.0. The molecule has 0 unspecified atom stereocenters. The van der Waals surface area contributed by atoms with Gasteiger partial charge < -0.3 is 25.4 Å². The number of rotatable bonds is 2. The number of halogens is 2. The van der Waals surface area contributed by atoms with Crippen molar-refractivity contribution < 1.29 is 14.3 Å². The minimum atomic E-state index is -0.478. The van der Waals surface area contributed by atoms with Crippen molar-refractivity contribution in [2.45, 2.75) is 25.6 Å². The molecule has 2 bridgehead atoms. The molecule has 3 N–H and O–H groups in total. The van der Waals surface area contributed by atoms with Crippen LogP contribution in [0, 0.1) is 0 Å². The first kappa shape index (κ1) is 26.9. The lowest BCUT2D eigenvalue weighted by molar-refractivity contribution is -0.121. The summed E-state index contributed by atoms with van der Waals surface area (Å²) in [7, 11) is 0. The zero-order valence-corrected chi connectivity index (χ0v) is 21.7. The number of carbonyl (C=O) groups is 1. The van der Waals surface area contributed by atoms with Gasteiger partial charge in [-0.2, -0.15) is 0 Å². The maximum atomic E-state index is 13.2. The Morgan fingerprint density at radius 1 is 1.05 bits per heavy atom. The summed E-state index contributed by atoms with van der Waals surface area (Å²) >= 11 is 12.4. The first-order chi connectivity index (χ1) is 18.0. The molecule has 2 aromatic carbocycles. The van der Waals surface area contributed by atoms with Crippen molar-refractivity contribution >= 4 is 34.9 Å². The van der Waals surface area contributed by atoms with Crippen molar-refractivity contribution in [1.29, 1.82) is 0 Å². The highest BCUT2D eigenvalue weighted by molar-refractivity contribution is 6.30. The Hall–Kier alpha value is -3.11. The number of hydrogen-bond donors (Lipinski definition) is 3. The maximum Gasteiger partial charge on any atom is 0.294 e. The van der Waals surface area contributed by atoms with Gasteiger partial charge in [-0.1, -0.05) is 53.5 Å². The second-order valence-electron chi connectivity index (χ2n) is 8.55. The normalized spacial score (nSPS) is 17.7. The van der Waals surface area contributed by atoms with E-state index < -0.39 is 11.5 Å². The number of nitrogens with one attached hydrogen (secondary N) is 3. The van der Waals surface area contributed by atoms with Crippen LogP contribution in [0.5, 0.6) is 5.75 Å². The molecule has 0 aliphatic carbocycles. The number of ether oxygens (including phenoxy) is 2. The third-order valence-electron chi connectivity index (χ3n) is 5.77. The highest BCUT2D eigenvalue weighted by Crippen LogP contribution is 2.23. The van der Waals surface area contributed by atoms with Crippen molar-refractivity contribution in [3.63, 3.8) is 0 Å². The Kier molecular flexibility index (Phi) is 9.78.